The van der Waals surface area contributed by atoms with E-state index in [1.165, 1.54) is 19.3 Å². The zero-order chi connectivity index (χ0) is 16.0. The van der Waals surface area contributed by atoms with Crippen LogP contribution in [0.4, 0.5) is 0 Å². The fraction of sp³-hybridized carbons (Fsp3) is 0.714. The van der Waals surface area contributed by atoms with Gasteiger partial charge in [0, 0.05) is 0 Å². The Balaban J connectivity index is 0. The summed E-state index contributed by atoms with van der Waals surface area (Å²) < 4.78 is 0. The van der Waals surface area contributed by atoms with E-state index in [1.807, 2.05) is 6.08 Å². The molecule has 0 aromatic carbocycles. The van der Waals surface area contributed by atoms with Crippen LogP contribution in [0.25, 0.3) is 0 Å². The van der Waals surface area contributed by atoms with Gasteiger partial charge < -0.3 is 25.2 Å². The molecule has 0 rings (SSSR count). The zero-order valence-corrected chi connectivity index (χ0v) is 12.1. The van der Waals surface area contributed by atoms with Crippen molar-refractivity contribution in [3.05, 3.63) is 12.2 Å². The summed E-state index contributed by atoms with van der Waals surface area (Å²) >= 11 is 0. The molecule has 0 aromatic rings. The fourth-order valence-electron chi connectivity index (χ4n) is 1.18. The van der Waals surface area contributed by atoms with E-state index in [0.717, 1.165) is 6.42 Å². The first-order valence-corrected chi connectivity index (χ1v) is 6.68. The van der Waals surface area contributed by atoms with Crippen molar-refractivity contribution < 1.29 is 30.0 Å². The summed E-state index contributed by atoms with van der Waals surface area (Å²) in [6.45, 7) is 3.07. The maximum Gasteiger partial charge on any atom is 0.152 e. The molecule has 4 N–H and O–H groups in total. The summed E-state index contributed by atoms with van der Waals surface area (Å²) in [6, 6.07) is 0. The summed E-state index contributed by atoms with van der Waals surface area (Å²) in [4.78, 5) is 20.2. The molecule has 0 saturated heterocycles. The number of rotatable bonds is 9. The number of aldehydes is 1. The maximum atomic E-state index is 10.4. The summed E-state index contributed by atoms with van der Waals surface area (Å²) in [5.41, 5.74) is 0. The van der Waals surface area contributed by atoms with E-state index in [9.17, 15) is 9.59 Å². The number of aliphatic hydroxyl groups is 4. The van der Waals surface area contributed by atoms with Gasteiger partial charge in [-0.05, 0) is 25.8 Å². The molecule has 0 amide bonds. The molecule has 6 nitrogen and oxygen atoms in total. The monoisotopic (exact) mass is 290 g/mol. The first-order chi connectivity index (χ1) is 9.40. The average molecular weight is 290 g/mol. The highest BCUT2D eigenvalue weighted by Gasteiger charge is 2.22. The van der Waals surface area contributed by atoms with Crippen molar-refractivity contribution in [2.75, 3.05) is 6.61 Å². The Hall–Kier alpha value is -1.08. The SMILES string of the molecule is CCCCCC=CC(C)=O.O=C[C@H](O)[C@@H](O)[C@H](O)CO. The Labute approximate surface area is 119 Å². The van der Waals surface area contributed by atoms with Crippen LogP contribution in [-0.2, 0) is 9.59 Å². The van der Waals surface area contributed by atoms with Gasteiger partial charge in [0.1, 0.15) is 18.3 Å². The standard InChI is InChI=1S/C9H16O.C5H10O5/c1-3-4-5-6-7-8-9(2)10;6-1-3(8)5(10)4(9)2-7/h7-8H,3-6H2,1-2H3;1,3-5,7-10H,2H2/t;3-,4+,5+/m.0/s1. The molecule has 118 valence electrons. The van der Waals surface area contributed by atoms with Crippen LogP contribution in [0.15, 0.2) is 12.2 Å². The third kappa shape index (κ3) is 13.4. The molecular formula is C14H26O6. The first kappa shape index (κ1) is 21.2. The third-order valence-electron chi connectivity index (χ3n) is 2.40. The molecule has 3 atom stereocenters. The first-order valence-electron chi connectivity index (χ1n) is 6.68. The molecule has 0 unspecified atom stereocenters. The minimum absolute atomic E-state index is 0.0869. The molecule has 0 aliphatic rings. The number of hydrogen-bond acceptors (Lipinski definition) is 6. The van der Waals surface area contributed by atoms with Gasteiger partial charge in [0.25, 0.3) is 0 Å². The van der Waals surface area contributed by atoms with Crippen LogP contribution < -0.4 is 0 Å². The molecule has 0 saturated carbocycles. The van der Waals surface area contributed by atoms with Crippen LogP contribution in [0.5, 0.6) is 0 Å². The summed E-state index contributed by atoms with van der Waals surface area (Å²) in [5.74, 6) is 0.150. The third-order valence-corrected chi connectivity index (χ3v) is 2.40. The molecule has 0 radical (unpaired) electrons. The molecule has 0 spiro atoms. The van der Waals surface area contributed by atoms with Crippen molar-refractivity contribution in [1.82, 2.24) is 0 Å². The Kier molecular flexibility index (Phi) is 15.2. The number of carbonyl (C=O) groups excluding carboxylic acids is 2. The van der Waals surface area contributed by atoms with Gasteiger partial charge in [0.2, 0.25) is 0 Å². The Bertz CT molecular complexity index is 277. The molecule has 0 aliphatic carbocycles. The highest BCUT2D eigenvalue weighted by atomic mass is 16.4. The fourth-order valence-corrected chi connectivity index (χ4v) is 1.18. The van der Waals surface area contributed by atoms with Crippen LogP contribution >= 0.6 is 0 Å². The normalized spacial score (nSPS) is 15.1. The summed E-state index contributed by atoms with van der Waals surface area (Å²) in [7, 11) is 0. The lowest BCUT2D eigenvalue weighted by atomic mass is 10.1. The van der Waals surface area contributed by atoms with Gasteiger partial charge in [-0.2, -0.15) is 0 Å². The highest BCUT2D eigenvalue weighted by molar-refractivity contribution is 5.87. The maximum absolute atomic E-state index is 10.4. The predicted molar refractivity (Wildman–Crippen MR) is 75.1 cm³/mol. The van der Waals surface area contributed by atoms with Crippen molar-refractivity contribution in [3.8, 4) is 0 Å². The van der Waals surface area contributed by atoms with Crippen LogP contribution in [0.3, 0.4) is 0 Å². The lowest BCUT2D eigenvalue weighted by Crippen LogP contribution is -2.40. The number of aliphatic hydroxyl groups excluding tert-OH is 4. The van der Waals surface area contributed by atoms with E-state index in [0.29, 0.717) is 0 Å². The second-order valence-corrected chi connectivity index (χ2v) is 4.38. The van der Waals surface area contributed by atoms with E-state index in [-0.39, 0.29) is 12.1 Å². The Morgan fingerprint density at radius 2 is 1.80 bits per heavy atom. The van der Waals surface area contributed by atoms with Gasteiger partial charge in [-0.25, -0.2) is 0 Å². The van der Waals surface area contributed by atoms with E-state index in [2.05, 4.69) is 6.92 Å². The molecule has 6 heteroatoms. The Morgan fingerprint density at radius 3 is 2.20 bits per heavy atom. The number of unbranched alkanes of at least 4 members (excludes halogenated alkanes) is 3. The topological polar surface area (TPSA) is 115 Å². The van der Waals surface area contributed by atoms with Gasteiger partial charge in [0.05, 0.1) is 6.61 Å². The molecule has 0 fully saturated rings. The predicted octanol–water partition coefficient (Wildman–Crippen LogP) is -0.0278. The van der Waals surface area contributed by atoms with Crippen LogP contribution in [0.2, 0.25) is 0 Å². The summed E-state index contributed by atoms with van der Waals surface area (Å²) in [5, 5.41) is 34.1. The van der Waals surface area contributed by atoms with E-state index < -0.39 is 24.9 Å². The molecule has 20 heavy (non-hydrogen) atoms. The number of carbonyl (C=O) groups is 2. The second kappa shape index (κ2) is 14.3. The van der Waals surface area contributed by atoms with Crippen molar-refractivity contribution >= 4 is 12.1 Å². The van der Waals surface area contributed by atoms with Gasteiger partial charge >= 0.3 is 0 Å². The van der Waals surface area contributed by atoms with Crippen molar-refractivity contribution in [2.24, 2.45) is 0 Å². The van der Waals surface area contributed by atoms with Crippen molar-refractivity contribution in [2.45, 2.75) is 57.8 Å². The second-order valence-electron chi connectivity index (χ2n) is 4.38. The van der Waals surface area contributed by atoms with Crippen LogP contribution in [-0.4, -0.2) is 57.4 Å². The zero-order valence-electron chi connectivity index (χ0n) is 12.1. The van der Waals surface area contributed by atoms with Crippen molar-refractivity contribution in [1.29, 1.82) is 0 Å². The van der Waals surface area contributed by atoms with E-state index in [4.69, 9.17) is 20.4 Å². The molecular weight excluding hydrogens is 264 g/mol. The van der Waals surface area contributed by atoms with E-state index >= 15 is 0 Å². The smallest absolute Gasteiger partial charge is 0.152 e. The number of allylic oxidation sites excluding steroid dienone is 2. The van der Waals surface area contributed by atoms with Gasteiger partial charge in [-0.1, -0.05) is 25.8 Å². The van der Waals surface area contributed by atoms with Gasteiger partial charge in [-0.3, -0.25) is 4.79 Å². The van der Waals surface area contributed by atoms with E-state index in [1.54, 1.807) is 13.0 Å². The number of ketones is 1. The minimum Gasteiger partial charge on any atom is -0.394 e. The highest BCUT2D eigenvalue weighted by Crippen LogP contribution is 1.99. The molecule has 0 bridgehead atoms. The van der Waals surface area contributed by atoms with Crippen LogP contribution in [0.1, 0.15) is 39.5 Å². The summed E-state index contributed by atoms with van der Waals surface area (Å²) in [6.07, 6.45) is 3.74. The molecule has 0 heterocycles. The average Bonchev–Trinajstić information content (AvgIpc) is 2.44. The lowest BCUT2D eigenvalue weighted by molar-refractivity contribution is -0.127. The van der Waals surface area contributed by atoms with Crippen LogP contribution in [0, 0.1) is 0 Å². The van der Waals surface area contributed by atoms with Crippen molar-refractivity contribution in [3.63, 3.8) is 0 Å². The lowest BCUT2D eigenvalue weighted by Gasteiger charge is -2.16. The molecule has 0 aliphatic heterocycles. The van der Waals surface area contributed by atoms with Gasteiger partial charge in [-0.15, -0.1) is 0 Å². The quantitative estimate of drug-likeness (QED) is 0.269. The number of hydrogen-bond donors (Lipinski definition) is 4. The minimum atomic E-state index is -1.64. The molecule has 0 aromatic heterocycles. The van der Waals surface area contributed by atoms with Gasteiger partial charge in [0.15, 0.2) is 12.1 Å². The Morgan fingerprint density at radius 1 is 1.20 bits per heavy atom. The largest absolute Gasteiger partial charge is 0.394 e.